The minimum atomic E-state index is -1.13. The second-order valence-corrected chi connectivity index (χ2v) is 8.61. The third kappa shape index (κ3) is 22.4. The quantitative estimate of drug-likeness (QED) is 0.115. The zero-order chi connectivity index (χ0) is 29.8. The predicted molar refractivity (Wildman–Crippen MR) is 129 cm³/mol. The van der Waals surface area contributed by atoms with Crippen LogP contribution in [0.4, 0.5) is 0 Å². The number of rotatable bonds is 23. The maximum atomic E-state index is 11.7. The van der Waals surface area contributed by atoms with Crippen molar-refractivity contribution in [2.24, 2.45) is 0 Å². The van der Waals surface area contributed by atoms with Gasteiger partial charge < -0.3 is 43.7 Å². The highest BCUT2D eigenvalue weighted by Crippen LogP contribution is 2.06. The van der Waals surface area contributed by atoms with Crippen LogP contribution in [0.3, 0.4) is 0 Å². The number of hydrogen-bond donors (Lipinski definition) is 3. The van der Waals surface area contributed by atoms with E-state index in [0.29, 0.717) is 0 Å². The molecule has 15 heteroatoms. The summed E-state index contributed by atoms with van der Waals surface area (Å²) in [5.74, 6) is -5.45. The van der Waals surface area contributed by atoms with Crippen molar-refractivity contribution in [1.82, 2.24) is 0 Å². The lowest BCUT2D eigenvalue weighted by Crippen LogP contribution is -2.33. The van der Waals surface area contributed by atoms with Gasteiger partial charge in [-0.2, -0.15) is 0 Å². The molecule has 0 amide bonds. The Hall–Kier alpha value is -3.30. The third-order valence-electron chi connectivity index (χ3n) is 4.51. The van der Waals surface area contributed by atoms with Crippen molar-refractivity contribution in [3.63, 3.8) is 0 Å². The van der Waals surface area contributed by atoms with E-state index in [0.717, 1.165) is 0 Å². The Labute approximate surface area is 225 Å². The van der Waals surface area contributed by atoms with Gasteiger partial charge in [0.15, 0.2) is 0 Å². The number of carbonyl (C=O) groups is 6. The second-order valence-electron chi connectivity index (χ2n) is 8.61. The van der Waals surface area contributed by atoms with Crippen molar-refractivity contribution >= 4 is 35.8 Å². The molecule has 39 heavy (non-hydrogen) atoms. The molecule has 0 aliphatic rings. The van der Waals surface area contributed by atoms with E-state index in [4.69, 9.17) is 43.7 Å². The van der Waals surface area contributed by atoms with E-state index < -0.39 is 60.2 Å². The maximum Gasteiger partial charge on any atom is 0.306 e. The van der Waals surface area contributed by atoms with Crippen LogP contribution in [0.5, 0.6) is 0 Å². The van der Waals surface area contributed by atoms with Crippen LogP contribution >= 0.6 is 0 Å². The zero-order valence-corrected chi connectivity index (χ0v) is 22.3. The van der Waals surface area contributed by atoms with Crippen molar-refractivity contribution in [3.8, 4) is 0 Å². The Morgan fingerprint density at radius 2 is 0.795 bits per heavy atom. The van der Waals surface area contributed by atoms with E-state index in [1.807, 2.05) is 0 Å². The molecule has 0 radical (unpaired) electrons. The molecule has 0 aliphatic carbocycles. The smallest absolute Gasteiger partial charge is 0.306 e. The summed E-state index contributed by atoms with van der Waals surface area (Å²) in [7, 11) is 0. The highest BCUT2D eigenvalue weighted by molar-refractivity contribution is 5.77. The molecule has 3 N–H and O–H groups in total. The molecular formula is C24H38O15. The van der Waals surface area contributed by atoms with Gasteiger partial charge in [0.25, 0.3) is 0 Å². The summed E-state index contributed by atoms with van der Waals surface area (Å²) in [6, 6.07) is 0. The van der Waals surface area contributed by atoms with Crippen LogP contribution in [0.25, 0.3) is 0 Å². The first-order valence-electron chi connectivity index (χ1n) is 12.3. The molecule has 0 aliphatic heterocycles. The molecule has 3 atom stereocenters. The van der Waals surface area contributed by atoms with E-state index in [-0.39, 0.29) is 71.6 Å². The normalized spacial score (nSPS) is 13.9. The molecule has 0 spiro atoms. The molecule has 0 aromatic heterocycles. The molecule has 0 saturated heterocycles. The van der Waals surface area contributed by atoms with Gasteiger partial charge in [0.1, 0.15) is 24.4 Å². The molecule has 0 aromatic carbocycles. The van der Waals surface area contributed by atoms with Crippen molar-refractivity contribution in [1.29, 1.82) is 0 Å². The van der Waals surface area contributed by atoms with Crippen LogP contribution < -0.4 is 0 Å². The van der Waals surface area contributed by atoms with Crippen LogP contribution in [-0.2, 0) is 57.2 Å². The Balaban J connectivity index is 4.70. The van der Waals surface area contributed by atoms with Crippen LogP contribution in [0, 0.1) is 0 Å². The molecule has 0 saturated carbocycles. The van der Waals surface area contributed by atoms with E-state index >= 15 is 0 Å². The lowest BCUT2D eigenvalue weighted by atomic mass is 10.3. The largest absolute Gasteiger partial charge is 0.481 e. The first-order valence-corrected chi connectivity index (χ1v) is 12.3. The van der Waals surface area contributed by atoms with Crippen LogP contribution in [0.1, 0.15) is 59.3 Å². The Morgan fingerprint density at radius 3 is 1.10 bits per heavy atom. The Kier molecular flexibility index (Phi) is 18.9. The number of ether oxygens (including phenoxy) is 6. The van der Waals surface area contributed by atoms with Gasteiger partial charge in [0.2, 0.25) is 0 Å². The summed E-state index contributed by atoms with van der Waals surface area (Å²) in [6.07, 6.45) is -4.68. The number of aliphatic carboxylic acids is 3. The Bertz CT molecular complexity index is 752. The van der Waals surface area contributed by atoms with Gasteiger partial charge in [0, 0.05) is 0 Å². The first kappa shape index (κ1) is 35.7. The predicted octanol–water partition coefficient (Wildman–Crippen LogP) is 0.794. The molecule has 0 bridgehead atoms. The number of carboxylic acid groups (broad SMARTS) is 3. The van der Waals surface area contributed by atoms with Crippen LogP contribution in [0.2, 0.25) is 0 Å². The molecule has 0 aromatic rings. The molecule has 224 valence electrons. The van der Waals surface area contributed by atoms with Crippen molar-refractivity contribution in [2.45, 2.75) is 83.7 Å². The van der Waals surface area contributed by atoms with Crippen LogP contribution in [-0.4, -0.2) is 109 Å². The zero-order valence-electron chi connectivity index (χ0n) is 22.3. The summed E-state index contributed by atoms with van der Waals surface area (Å²) in [5, 5.41) is 25.9. The van der Waals surface area contributed by atoms with E-state index in [1.54, 1.807) is 20.8 Å². The molecule has 0 fully saturated rings. The SMILES string of the molecule is CC(COCC(COCC(C)OC(=O)CCC(=O)O)OCC(C)OC(=O)CCC(=O)O)OC(=O)CCC(=O)O. The Morgan fingerprint density at radius 1 is 0.487 bits per heavy atom. The molecule has 3 unspecified atom stereocenters. The van der Waals surface area contributed by atoms with Crippen molar-refractivity contribution in [2.75, 3.05) is 33.0 Å². The van der Waals surface area contributed by atoms with Crippen molar-refractivity contribution < 1.29 is 72.5 Å². The minimum Gasteiger partial charge on any atom is -0.481 e. The number of hydrogen-bond acceptors (Lipinski definition) is 12. The van der Waals surface area contributed by atoms with Gasteiger partial charge in [-0.15, -0.1) is 0 Å². The average molecular weight is 567 g/mol. The lowest BCUT2D eigenvalue weighted by molar-refractivity contribution is -0.160. The third-order valence-corrected chi connectivity index (χ3v) is 4.51. The van der Waals surface area contributed by atoms with Gasteiger partial charge in [-0.3, -0.25) is 28.8 Å². The standard InChI is InChI=1S/C24H38O15/c1-15(37-22(31)7-4-19(25)26)10-34-13-18(36-12-17(3)39-24(33)9-6-21(29)30)14-35-11-16(2)38-23(32)8-5-20(27)28/h15-18H,4-14H2,1-3H3,(H,25,26)(H,27,28)(H,29,30). The van der Waals surface area contributed by atoms with Gasteiger partial charge in [-0.25, -0.2) is 0 Å². The van der Waals surface area contributed by atoms with Crippen LogP contribution in [0.15, 0.2) is 0 Å². The topological polar surface area (TPSA) is 218 Å². The summed E-state index contributed by atoms with van der Waals surface area (Å²) < 4.78 is 32.0. The number of carboxylic acids is 3. The molecule has 0 rings (SSSR count). The van der Waals surface area contributed by atoms with E-state index in [9.17, 15) is 28.8 Å². The van der Waals surface area contributed by atoms with E-state index in [1.165, 1.54) is 0 Å². The van der Waals surface area contributed by atoms with Gasteiger partial charge in [0.05, 0.1) is 71.6 Å². The second kappa shape index (κ2) is 20.6. The summed E-state index contributed by atoms with van der Waals surface area (Å²) in [6.45, 7) is 4.46. The number of esters is 3. The van der Waals surface area contributed by atoms with Gasteiger partial charge >= 0.3 is 35.8 Å². The fourth-order valence-electron chi connectivity index (χ4n) is 2.73. The summed E-state index contributed by atoms with van der Waals surface area (Å²) in [4.78, 5) is 66.6. The minimum absolute atomic E-state index is 0.0318. The fraction of sp³-hybridized carbons (Fsp3) is 0.750. The maximum absolute atomic E-state index is 11.7. The number of carbonyl (C=O) groups excluding carboxylic acids is 3. The van der Waals surface area contributed by atoms with Gasteiger partial charge in [-0.05, 0) is 20.8 Å². The summed E-state index contributed by atoms with van der Waals surface area (Å²) in [5.41, 5.74) is 0. The van der Waals surface area contributed by atoms with Gasteiger partial charge in [-0.1, -0.05) is 0 Å². The molecule has 0 heterocycles. The average Bonchev–Trinajstić information content (AvgIpc) is 2.83. The highest BCUT2D eigenvalue weighted by atomic mass is 16.6. The monoisotopic (exact) mass is 566 g/mol. The summed E-state index contributed by atoms with van der Waals surface area (Å²) >= 11 is 0. The molecule has 15 nitrogen and oxygen atoms in total. The molecular weight excluding hydrogens is 528 g/mol. The first-order chi connectivity index (χ1) is 18.3. The lowest BCUT2D eigenvalue weighted by Gasteiger charge is -2.22. The fourth-order valence-corrected chi connectivity index (χ4v) is 2.73. The highest BCUT2D eigenvalue weighted by Gasteiger charge is 2.19. The van der Waals surface area contributed by atoms with Crippen molar-refractivity contribution in [3.05, 3.63) is 0 Å². The van der Waals surface area contributed by atoms with E-state index in [2.05, 4.69) is 0 Å².